The van der Waals surface area contributed by atoms with E-state index >= 15 is 0 Å². The second-order valence-corrected chi connectivity index (χ2v) is 2.50. The van der Waals surface area contributed by atoms with E-state index in [1.165, 1.54) is 12.3 Å². The molecular formula is C6H4ClN3O. The Bertz CT molecular complexity index is 444. The fourth-order valence-electron chi connectivity index (χ4n) is 0.904. The van der Waals surface area contributed by atoms with Crippen LogP contribution < -0.4 is 5.56 Å². The molecule has 0 unspecified atom stereocenters. The maximum atomic E-state index is 10.8. The molecule has 0 bridgehead atoms. The molecule has 2 heterocycles. The summed E-state index contributed by atoms with van der Waals surface area (Å²) in [6.45, 7) is 0. The van der Waals surface area contributed by atoms with Crippen LogP contribution in [0, 0.1) is 0 Å². The molecule has 5 heteroatoms. The number of aromatic amines is 2. The lowest BCUT2D eigenvalue weighted by Gasteiger charge is -1.84. The number of halogens is 1. The maximum absolute atomic E-state index is 10.8. The number of nitrogens with one attached hydrogen (secondary N) is 2. The molecule has 2 aromatic rings. The maximum Gasteiger partial charge on any atom is 0.248 e. The number of pyridine rings is 1. The van der Waals surface area contributed by atoms with E-state index in [0.29, 0.717) is 10.5 Å². The van der Waals surface area contributed by atoms with Gasteiger partial charge >= 0.3 is 0 Å². The number of rotatable bonds is 0. The Hall–Kier alpha value is -1.29. The zero-order valence-electron chi connectivity index (χ0n) is 5.39. The lowest BCUT2D eigenvalue weighted by molar-refractivity contribution is 1.11. The Balaban J connectivity index is 2.98. The van der Waals surface area contributed by atoms with Crippen molar-refractivity contribution < 1.29 is 0 Å². The fraction of sp³-hybridized carbons (Fsp3) is 0. The predicted octanol–water partition coefficient (Wildman–Crippen LogP) is 0.905. The number of hydrogen-bond acceptors (Lipinski definition) is 2. The molecule has 11 heavy (non-hydrogen) atoms. The number of nitrogens with zero attached hydrogens (tertiary/aromatic N) is 1. The highest BCUT2D eigenvalue weighted by Crippen LogP contribution is 2.16. The summed E-state index contributed by atoms with van der Waals surface area (Å²) in [5.41, 5.74) is 0.551. The van der Waals surface area contributed by atoms with Crippen LogP contribution in [0.1, 0.15) is 0 Å². The first kappa shape index (κ1) is 6.42. The number of aromatic nitrogens is 3. The largest absolute Gasteiger partial charge is 0.327 e. The first-order valence-corrected chi connectivity index (χ1v) is 3.37. The van der Waals surface area contributed by atoms with Gasteiger partial charge in [0.2, 0.25) is 5.56 Å². The minimum atomic E-state index is -0.180. The van der Waals surface area contributed by atoms with Crippen LogP contribution in [0.3, 0.4) is 0 Å². The molecule has 2 N–H and O–H groups in total. The van der Waals surface area contributed by atoms with Crippen molar-refractivity contribution in [2.24, 2.45) is 0 Å². The summed E-state index contributed by atoms with van der Waals surface area (Å²) >= 11 is 5.65. The summed E-state index contributed by atoms with van der Waals surface area (Å²) in [5, 5.41) is 7.35. The van der Waals surface area contributed by atoms with Gasteiger partial charge in [-0.25, -0.2) is 0 Å². The van der Waals surface area contributed by atoms with E-state index in [1.807, 2.05) is 0 Å². The Morgan fingerprint density at radius 1 is 1.55 bits per heavy atom. The van der Waals surface area contributed by atoms with Crippen molar-refractivity contribution in [3.8, 4) is 0 Å². The van der Waals surface area contributed by atoms with E-state index in [9.17, 15) is 4.79 Å². The molecule has 2 rings (SSSR count). The molecule has 0 radical (unpaired) electrons. The van der Waals surface area contributed by atoms with Crippen molar-refractivity contribution in [2.75, 3.05) is 0 Å². The highest BCUT2D eigenvalue weighted by molar-refractivity contribution is 6.34. The molecule has 0 spiro atoms. The van der Waals surface area contributed by atoms with Gasteiger partial charge in [-0.15, -0.1) is 0 Å². The third-order valence-corrected chi connectivity index (χ3v) is 1.71. The molecule has 0 atom stereocenters. The SMILES string of the molecule is O=c1cc2c(Cl)n[nH]c2c[nH]1. The summed E-state index contributed by atoms with van der Waals surface area (Å²) in [6, 6.07) is 1.40. The van der Waals surface area contributed by atoms with Gasteiger partial charge in [0.15, 0.2) is 5.15 Å². The second kappa shape index (κ2) is 2.10. The van der Waals surface area contributed by atoms with Crippen LogP contribution in [0.15, 0.2) is 17.1 Å². The zero-order valence-corrected chi connectivity index (χ0v) is 6.14. The minimum absolute atomic E-state index is 0.180. The Labute approximate surface area is 66.2 Å². The average Bonchev–Trinajstić information content (AvgIpc) is 2.33. The van der Waals surface area contributed by atoms with Crippen molar-refractivity contribution in [1.29, 1.82) is 0 Å². The van der Waals surface area contributed by atoms with Gasteiger partial charge in [-0.1, -0.05) is 11.6 Å². The third-order valence-electron chi connectivity index (χ3n) is 1.42. The van der Waals surface area contributed by atoms with Gasteiger partial charge in [-0.2, -0.15) is 5.10 Å². The van der Waals surface area contributed by atoms with Gasteiger partial charge < -0.3 is 4.98 Å². The second-order valence-electron chi connectivity index (χ2n) is 2.14. The molecule has 0 aromatic carbocycles. The lowest BCUT2D eigenvalue weighted by atomic mass is 10.3. The zero-order chi connectivity index (χ0) is 7.84. The predicted molar refractivity (Wildman–Crippen MR) is 41.7 cm³/mol. The minimum Gasteiger partial charge on any atom is -0.327 e. The standard InChI is InChI=1S/C6H4ClN3O/c7-6-3-1-5(11)8-2-4(3)9-10-6/h1-2H,(H,8,11)(H,9,10). The van der Waals surface area contributed by atoms with E-state index < -0.39 is 0 Å². The topological polar surface area (TPSA) is 61.5 Å². The molecule has 0 saturated heterocycles. The van der Waals surface area contributed by atoms with Gasteiger partial charge in [0.05, 0.1) is 5.52 Å². The molecule has 0 aliphatic heterocycles. The number of H-pyrrole nitrogens is 2. The highest BCUT2D eigenvalue weighted by Gasteiger charge is 2.01. The Kier molecular flexibility index (Phi) is 1.22. The van der Waals surface area contributed by atoms with E-state index in [2.05, 4.69) is 15.2 Å². The van der Waals surface area contributed by atoms with Gasteiger partial charge in [0.1, 0.15) is 0 Å². The van der Waals surface area contributed by atoms with Crippen molar-refractivity contribution in [3.63, 3.8) is 0 Å². The van der Waals surface area contributed by atoms with E-state index in [4.69, 9.17) is 11.6 Å². The summed E-state index contributed by atoms with van der Waals surface area (Å²) < 4.78 is 0. The Morgan fingerprint density at radius 2 is 2.36 bits per heavy atom. The van der Waals surface area contributed by atoms with Crippen LogP contribution in [-0.4, -0.2) is 15.2 Å². The van der Waals surface area contributed by atoms with Crippen LogP contribution in [-0.2, 0) is 0 Å². The van der Waals surface area contributed by atoms with Crippen LogP contribution in [0.25, 0.3) is 10.9 Å². The monoisotopic (exact) mass is 169 g/mol. The van der Waals surface area contributed by atoms with Crippen LogP contribution >= 0.6 is 11.6 Å². The summed E-state index contributed by atoms with van der Waals surface area (Å²) in [7, 11) is 0. The van der Waals surface area contributed by atoms with E-state index in [-0.39, 0.29) is 5.56 Å². The summed E-state index contributed by atoms with van der Waals surface area (Å²) in [4.78, 5) is 13.3. The molecule has 0 saturated carbocycles. The van der Waals surface area contributed by atoms with Crippen LogP contribution in [0.5, 0.6) is 0 Å². The normalized spacial score (nSPS) is 10.6. The highest BCUT2D eigenvalue weighted by atomic mass is 35.5. The third kappa shape index (κ3) is 0.914. The molecular weight excluding hydrogens is 166 g/mol. The lowest BCUT2D eigenvalue weighted by Crippen LogP contribution is -2.00. The summed E-state index contributed by atoms with van der Waals surface area (Å²) in [5.74, 6) is 0. The van der Waals surface area contributed by atoms with Gasteiger partial charge in [-0.05, 0) is 0 Å². The first-order valence-electron chi connectivity index (χ1n) is 3.00. The molecule has 0 aliphatic rings. The molecule has 0 amide bonds. The first-order chi connectivity index (χ1) is 5.27. The number of fused-ring (bicyclic) bond motifs is 1. The quantitative estimate of drug-likeness (QED) is 0.616. The molecule has 0 aliphatic carbocycles. The van der Waals surface area contributed by atoms with E-state index in [0.717, 1.165) is 5.52 Å². The van der Waals surface area contributed by atoms with Crippen LogP contribution in [0.2, 0.25) is 5.15 Å². The molecule has 56 valence electrons. The van der Waals surface area contributed by atoms with Gasteiger partial charge in [0, 0.05) is 17.6 Å². The smallest absolute Gasteiger partial charge is 0.248 e. The van der Waals surface area contributed by atoms with Crippen molar-refractivity contribution in [2.45, 2.75) is 0 Å². The Morgan fingerprint density at radius 3 is 3.18 bits per heavy atom. The van der Waals surface area contributed by atoms with Crippen LogP contribution in [0.4, 0.5) is 0 Å². The van der Waals surface area contributed by atoms with Crippen molar-refractivity contribution in [3.05, 3.63) is 27.8 Å². The van der Waals surface area contributed by atoms with E-state index in [1.54, 1.807) is 0 Å². The summed E-state index contributed by atoms with van der Waals surface area (Å²) in [6.07, 6.45) is 1.54. The number of hydrogen-bond donors (Lipinski definition) is 2. The van der Waals surface area contributed by atoms with Crippen molar-refractivity contribution >= 4 is 22.5 Å². The molecule has 0 fully saturated rings. The fourth-order valence-corrected chi connectivity index (χ4v) is 1.10. The van der Waals surface area contributed by atoms with Gasteiger partial charge in [-0.3, -0.25) is 9.89 Å². The van der Waals surface area contributed by atoms with Gasteiger partial charge in [0.25, 0.3) is 0 Å². The average molecular weight is 170 g/mol. The molecule has 2 aromatic heterocycles. The molecule has 4 nitrogen and oxygen atoms in total. The van der Waals surface area contributed by atoms with Crippen molar-refractivity contribution in [1.82, 2.24) is 15.2 Å².